The van der Waals surface area contributed by atoms with Gasteiger partial charge in [-0.2, -0.15) is 0 Å². The fraction of sp³-hybridized carbons (Fsp3) is 0.480. The molecule has 2 fully saturated rings. The van der Waals surface area contributed by atoms with Crippen molar-refractivity contribution >= 4 is 34.9 Å². The Bertz CT molecular complexity index is 952. The normalized spacial score (nSPS) is 18.7. The van der Waals surface area contributed by atoms with Crippen molar-refractivity contribution < 1.29 is 14.6 Å². The Kier molecular flexibility index (Phi) is 7.49. The van der Waals surface area contributed by atoms with Crippen molar-refractivity contribution in [3.63, 3.8) is 0 Å². The molecule has 0 bridgehead atoms. The van der Waals surface area contributed by atoms with Crippen LogP contribution in [0.4, 0.5) is 5.69 Å². The summed E-state index contributed by atoms with van der Waals surface area (Å²) in [5, 5.41) is 10.8. The molecule has 32 heavy (non-hydrogen) atoms. The molecule has 7 heteroatoms. The number of rotatable bonds is 6. The highest BCUT2D eigenvalue weighted by Gasteiger charge is 2.27. The third kappa shape index (κ3) is 5.69. The standard InChI is InChI=1S/C25H30Cl2N2O3/c1-17-14-21(3-4-23(17)27)32-20-8-10-28(11-9-20)16-18-6-12-29(13-7-18)24-5-2-19(26)15-22(24)25(30)31/h2-5,14-15,18,20H,6-13,16H2,1H3,(H,30,31). The predicted octanol–water partition coefficient (Wildman–Crippen LogP) is 5.76. The van der Waals surface area contributed by atoms with Gasteiger partial charge in [0.15, 0.2) is 0 Å². The quantitative estimate of drug-likeness (QED) is 0.574. The summed E-state index contributed by atoms with van der Waals surface area (Å²) in [4.78, 5) is 16.3. The zero-order valence-corrected chi connectivity index (χ0v) is 19.9. The molecule has 4 rings (SSSR count). The van der Waals surface area contributed by atoms with Gasteiger partial charge in [-0.05, 0) is 80.5 Å². The van der Waals surface area contributed by atoms with Gasteiger partial charge >= 0.3 is 5.97 Å². The maximum absolute atomic E-state index is 11.6. The van der Waals surface area contributed by atoms with Gasteiger partial charge in [0.25, 0.3) is 0 Å². The summed E-state index contributed by atoms with van der Waals surface area (Å²) >= 11 is 12.1. The molecule has 0 amide bonds. The van der Waals surface area contributed by atoms with Crippen LogP contribution in [0, 0.1) is 12.8 Å². The number of nitrogens with zero attached hydrogens (tertiary/aromatic N) is 2. The predicted molar refractivity (Wildman–Crippen MR) is 130 cm³/mol. The SMILES string of the molecule is Cc1cc(OC2CCN(CC3CCN(c4ccc(Cl)cc4C(=O)O)CC3)CC2)ccc1Cl. The molecule has 2 aliphatic heterocycles. The molecule has 0 radical (unpaired) electrons. The molecule has 2 aliphatic rings. The summed E-state index contributed by atoms with van der Waals surface area (Å²) in [6.45, 7) is 6.96. The highest BCUT2D eigenvalue weighted by molar-refractivity contribution is 6.31. The minimum Gasteiger partial charge on any atom is -0.490 e. The summed E-state index contributed by atoms with van der Waals surface area (Å²) in [6, 6.07) is 11.0. The zero-order chi connectivity index (χ0) is 22.7. The van der Waals surface area contributed by atoms with E-state index in [1.165, 1.54) is 0 Å². The minimum absolute atomic E-state index is 0.257. The van der Waals surface area contributed by atoms with E-state index in [0.717, 1.165) is 80.4 Å². The van der Waals surface area contributed by atoms with Crippen LogP contribution in [-0.4, -0.2) is 54.8 Å². The molecule has 2 heterocycles. The Labute approximate surface area is 199 Å². The average Bonchev–Trinajstić information content (AvgIpc) is 2.78. The Morgan fingerprint density at radius 1 is 1.03 bits per heavy atom. The molecule has 0 saturated carbocycles. The van der Waals surface area contributed by atoms with E-state index >= 15 is 0 Å². The first kappa shape index (κ1) is 23.2. The van der Waals surface area contributed by atoms with Gasteiger partial charge in [-0.3, -0.25) is 0 Å². The minimum atomic E-state index is -0.927. The Morgan fingerprint density at radius 2 is 1.75 bits per heavy atom. The van der Waals surface area contributed by atoms with Crippen LogP contribution in [0.5, 0.6) is 5.75 Å². The fourth-order valence-electron chi connectivity index (χ4n) is 4.77. The molecule has 0 atom stereocenters. The van der Waals surface area contributed by atoms with Crippen LogP contribution >= 0.6 is 23.2 Å². The van der Waals surface area contributed by atoms with Crippen LogP contribution < -0.4 is 9.64 Å². The van der Waals surface area contributed by atoms with E-state index in [0.29, 0.717) is 10.9 Å². The number of aromatic carboxylic acids is 1. The highest BCUT2D eigenvalue weighted by Crippen LogP contribution is 2.30. The maximum Gasteiger partial charge on any atom is 0.337 e. The lowest BCUT2D eigenvalue weighted by Crippen LogP contribution is -2.43. The lowest BCUT2D eigenvalue weighted by molar-refractivity contribution is 0.0697. The van der Waals surface area contributed by atoms with Gasteiger partial charge in [-0.25, -0.2) is 4.79 Å². The molecule has 2 aromatic carbocycles. The first-order valence-corrected chi connectivity index (χ1v) is 12.1. The molecular weight excluding hydrogens is 447 g/mol. The maximum atomic E-state index is 11.6. The van der Waals surface area contributed by atoms with Crippen LogP contribution in [0.15, 0.2) is 36.4 Å². The summed E-state index contributed by atoms with van der Waals surface area (Å²) in [5.41, 5.74) is 2.10. The second-order valence-corrected chi connectivity index (χ2v) is 9.77. The van der Waals surface area contributed by atoms with E-state index in [9.17, 15) is 9.90 Å². The number of likely N-dealkylation sites (tertiary alicyclic amines) is 1. The summed E-state index contributed by atoms with van der Waals surface area (Å²) in [5.74, 6) is 0.618. The first-order chi connectivity index (χ1) is 15.4. The third-order valence-electron chi connectivity index (χ3n) is 6.63. The second kappa shape index (κ2) is 10.3. The monoisotopic (exact) mass is 476 g/mol. The van der Waals surface area contributed by atoms with Crippen molar-refractivity contribution in [1.29, 1.82) is 0 Å². The molecule has 5 nitrogen and oxygen atoms in total. The topological polar surface area (TPSA) is 53.0 Å². The summed E-state index contributed by atoms with van der Waals surface area (Å²) < 4.78 is 6.18. The number of carbonyl (C=O) groups is 1. The molecule has 0 spiro atoms. The van der Waals surface area contributed by atoms with E-state index in [2.05, 4.69) is 9.80 Å². The van der Waals surface area contributed by atoms with Crippen molar-refractivity contribution in [1.82, 2.24) is 4.90 Å². The molecule has 2 saturated heterocycles. The Morgan fingerprint density at radius 3 is 2.41 bits per heavy atom. The van der Waals surface area contributed by atoms with Crippen LogP contribution in [0.1, 0.15) is 41.6 Å². The summed E-state index contributed by atoms with van der Waals surface area (Å²) in [7, 11) is 0. The van der Waals surface area contributed by atoms with Crippen LogP contribution in [0.3, 0.4) is 0 Å². The number of ether oxygens (including phenoxy) is 1. The number of anilines is 1. The van der Waals surface area contributed by atoms with Gasteiger partial charge in [0.1, 0.15) is 11.9 Å². The average molecular weight is 477 g/mol. The number of benzene rings is 2. The first-order valence-electron chi connectivity index (χ1n) is 11.3. The fourth-order valence-corrected chi connectivity index (χ4v) is 5.06. The smallest absolute Gasteiger partial charge is 0.337 e. The van der Waals surface area contributed by atoms with Crippen LogP contribution in [0.25, 0.3) is 0 Å². The van der Waals surface area contributed by atoms with Gasteiger partial charge in [0.05, 0.1) is 11.3 Å². The van der Waals surface area contributed by atoms with E-state index in [1.807, 2.05) is 31.2 Å². The zero-order valence-electron chi connectivity index (χ0n) is 18.4. The molecule has 2 aromatic rings. The van der Waals surface area contributed by atoms with Gasteiger partial charge in [-0.1, -0.05) is 23.2 Å². The van der Waals surface area contributed by atoms with Gasteiger partial charge in [0, 0.05) is 42.8 Å². The van der Waals surface area contributed by atoms with Gasteiger partial charge in [0.2, 0.25) is 0 Å². The molecule has 172 valence electrons. The number of carboxylic acid groups (broad SMARTS) is 1. The molecular formula is C25H30Cl2N2O3. The second-order valence-electron chi connectivity index (χ2n) is 8.93. The van der Waals surface area contributed by atoms with Crippen LogP contribution in [0.2, 0.25) is 10.0 Å². The highest BCUT2D eigenvalue weighted by atomic mass is 35.5. The molecule has 0 aromatic heterocycles. The third-order valence-corrected chi connectivity index (χ3v) is 7.29. The van der Waals surface area contributed by atoms with Gasteiger partial charge in [-0.15, -0.1) is 0 Å². The van der Waals surface area contributed by atoms with Crippen molar-refractivity contribution in [3.8, 4) is 5.75 Å². The number of hydrogen-bond donors (Lipinski definition) is 1. The number of aryl methyl sites for hydroxylation is 1. The van der Waals surface area contributed by atoms with Crippen molar-refractivity contribution in [2.24, 2.45) is 5.92 Å². The number of piperidine rings is 2. The van der Waals surface area contributed by atoms with E-state index in [1.54, 1.807) is 12.1 Å². The molecule has 0 unspecified atom stereocenters. The lowest BCUT2D eigenvalue weighted by Gasteiger charge is -2.38. The van der Waals surface area contributed by atoms with Crippen molar-refractivity contribution in [2.75, 3.05) is 37.6 Å². The number of halogens is 2. The van der Waals surface area contributed by atoms with Crippen LogP contribution in [-0.2, 0) is 0 Å². The number of hydrogen-bond acceptors (Lipinski definition) is 4. The number of carboxylic acids is 1. The molecule has 1 N–H and O–H groups in total. The summed E-state index contributed by atoms with van der Waals surface area (Å²) in [6.07, 6.45) is 4.47. The Hall–Kier alpha value is -1.95. The van der Waals surface area contributed by atoms with Crippen molar-refractivity contribution in [2.45, 2.75) is 38.7 Å². The van der Waals surface area contributed by atoms with E-state index < -0.39 is 5.97 Å². The largest absolute Gasteiger partial charge is 0.490 e. The molecule has 0 aliphatic carbocycles. The van der Waals surface area contributed by atoms with Crippen molar-refractivity contribution in [3.05, 3.63) is 57.6 Å². The van der Waals surface area contributed by atoms with E-state index in [4.69, 9.17) is 27.9 Å². The Balaban J connectivity index is 1.23. The lowest BCUT2D eigenvalue weighted by atomic mass is 9.94. The van der Waals surface area contributed by atoms with E-state index in [-0.39, 0.29) is 11.7 Å². The van der Waals surface area contributed by atoms with Gasteiger partial charge < -0.3 is 19.6 Å².